The van der Waals surface area contributed by atoms with Crippen LogP contribution in [-0.2, 0) is 13.0 Å². The highest BCUT2D eigenvalue weighted by Crippen LogP contribution is 2.33. The van der Waals surface area contributed by atoms with Crippen LogP contribution in [0.2, 0.25) is 0 Å². The molecule has 0 spiro atoms. The van der Waals surface area contributed by atoms with Crippen LogP contribution in [0.3, 0.4) is 0 Å². The second-order valence-electron chi connectivity index (χ2n) is 7.95. The molecule has 2 aliphatic rings. The number of benzene rings is 1. The third kappa shape index (κ3) is 4.02. The molecule has 1 aromatic heterocycles. The van der Waals surface area contributed by atoms with Crippen molar-refractivity contribution in [1.29, 1.82) is 0 Å². The van der Waals surface area contributed by atoms with Crippen LogP contribution in [0.25, 0.3) is 0 Å². The number of aromatic nitrogens is 2. The van der Waals surface area contributed by atoms with Gasteiger partial charge in [-0.2, -0.15) is 4.98 Å². The van der Waals surface area contributed by atoms with E-state index in [0.717, 1.165) is 25.0 Å². The van der Waals surface area contributed by atoms with Crippen LogP contribution in [0.15, 0.2) is 34.1 Å². The van der Waals surface area contributed by atoms with Gasteiger partial charge in [0.2, 0.25) is 0 Å². The highest BCUT2D eigenvalue weighted by molar-refractivity contribution is 5.95. The zero-order chi connectivity index (χ0) is 20.4. The molecule has 6 heteroatoms. The van der Waals surface area contributed by atoms with Gasteiger partial charge in [0.05, 0.1) is 5.56 Å². The van der Waals surface area contributed by atoms with E-state index in [-0.39, 0.29) is 17.4 Å². The average molecular weight is 393 g/mol. The number of fused-ring (bicyclic) bond motifs is 1. The summed E-state index contributed by atoms with van der Waals surface area (Å²) in [6, 6.07) is 7.18. The minimum absolute atomic E-state index is 0.0370. The highest BCUT2D eigenvalue weighted by atomic mass is 16.5. The van der Waals surface area contributed by atoms with Crippen LogP contribution in [0, 0.1) is 5.92 Å². The van der Waals surface area contributed by atoms with Gasteiger partial charge in [-0.1, -0.05) is 38.3 Å². The first-order valence-corrected chi connectivity index (χ1v) is 10.6. The summed E-state index contributed by atoms with van der Waals surface area (Å²) < 4.78 is 7.57. The first-order chi connectivity index (χ1) is 14.1. The van der Waals surface area contributed by atoms with Crippen LogP contribution in [0.1, 0.15) is 68.3 Å². The van der Waals surface area contributed by atoms with Crippen LogP contribution < -0.4 is 10.3 Å². The lowest BCUT2D eigenvalue weighted by Gasteiger charge is -2.21. The van der Waals surface area contributed by atoms with E-state index in [1.54, 1.807) is 28.8 Å². The molecule has 152 valence electrons. The summed E-state index contributed by atoms with van der Waals surface area (Å²) in [5, 5.41) is 0. The second kappa shape index (κ2) is 8.31. The van der Waals surface area contributed by atoms with Crippen LogP contribution in [0.5, 0.6) is 11.8 Å². The van der Waals surface area contributed by atoms with Crippen molar-refractivity contribution in [3.63, 3.8) is 0 Å². The number of nitrogens with zero attached hydrogens (tertiary/aromatic N) is 3. The summed E-state index contributed by atoms with van der Waals surface area (Å²) >= 11 is 0. The molecular weight excluding hydrogens is 366 g/mol. The Morgan fingerprint density at radius 1 is 1.24 bits per heavy atom. The van der Waals surface area contributed by atoms with Gasteiger partial charge in [-0.15, -0.1) is 0 Å². The Balaban J connectivity index is 1.69. The molecule has 2 heterocycles. The Bertz CT molecular complexity index is 1020. The van der Waals surface area contributed by atoms with Gasteiger partial charge in [0.1, 0.15) is 5.75 Å². The minimum Gasteiger partial charge on any atom is -0.425 e. The molecule has 1 aromatic carbocycles. The van der Waals surface area contributed by atoms with Crippen molar-refractivity contribution in [3.05, 3.63) is 45.7 Å². The lowest BCUT2D eigenvalue weighted by atomic mass is 9.84. The fourth-order valence-corrected chi connectivity index (χ4v) is 4.22. The van der Waals surface area contributed by atoms with Crippen LogP contribution in [-0.4, -0.2) is 21.0 Å². The van der Waals surface area contributed by atoms with Gasteiger partial charge in [-0.3, -0.25) is 14.2 Å². The maximum absolute atomic E-state index is 13.2. The lowest BCUT2D eigenvalue weighted by Crippen LogP contribution is -2.27. The molecule has 1 aliphatic heterocycles. The van der Waals surface area contributed by atoms with Crippen molar-refractivity contribution in [3.8, 4) is 11.8 Å². The van der Waals surface area contributed by atoms with Crippen LogP contribution >= 0.6 is 0 Å². The monoisotopic (exact) mass is 393 g/mol. The minimum atomic E-state index is -0.0656. The number of carbonyl (C=O) groups is 1. The molecule has 0 atom stereocenters. The number of aliphatic imine (C=N–C) groups is 1. The van der Waals surface area contributed by atoms with Crippen molar-refractivity contribution >= 4 is 17.3 Å². The molecule has 0 saturated heterocycles. The van der Waals surface area contributed by atoms with Gasteiger partial charge in [0.15, 0.2) is 11.6 Å². The lowest BCUT2D eigenvalue weighted by molar-refractivity contribution is 0.101. The highest BCUT2D eigenvalue weighted by Gasteiger charge is 2.29. The maximum atomic E-state index is 13.2. The quantitative estimate of drug-likeness (QED) is 0.657. The molecule has 1 aliphatic carbocycles. The summed E-state index contributed by atoms with van der Waals surface area (Å²) in [5.41, 5.74) is 2.28. The number of ketones is 1. The summed E-state index contributed by atoms with van der Waals surface area (Å²) in [6.07, 6.45) is 7.45. The second-order valence-corrected chi connectivity index (χ2v) is 7.95. The summed E-state index contributed by atoms with van der Waals surface area (Å²) in [6.45, 7) is 4.06. The van der Waals surface area contributed by atoms with E-state index in [0.29, 0.717) is 41.6 Å². The summed E-state index contributed by atoms with van der Waals surface area (Å²) in [5.74, 6) is 1.42. The van der Waals surface area contributed by atoms with E-state index in [4.69, 9.17) is 9.73 Å². The molecule has 1 saturated carbocycles. The molecule has 4 rings (SSSR count). The SMILES string of the molecule is CCCn1c(Oc2cccc(C(C)=O)c2)nc2c(c1=O)CC(C1CCCCC1)=N2. The molecule has 0 bridgehead atoms. The Morgan fingerprint density at radius 3 is 2.76 bits per heavy atom. The van der Waals surface area contributed by atoms with Gasteiger partial charge in [0, 0.05) is 24.2 Å². The van der Waals surface area contributed by atoms with Gasteiger partial charge >= 0.3 is 6.01 Å². The van der Waals surface area contributed by atoms with Crippen molar-refractivity contribution in [2.24, 2.45) is 10.9 Å². The van der Waals surface area contributed by atoms with Crippen molar-refractivity contribution in [2.75, 3.05) is 0 Å². The normalized spacial score (nSPS) is 16.4. The van der Waals surface area contributed by atoms with Gasteiger partial charge < -0.3 is 4.74 Å². The first-order valence-electron chi connectivity index (χ1n) is 10.6. The number of carbonyl (C=O) groups excluding carboxylic acids is 1. The predicted octanol–water partition coefficient (Wildman–Crippen LogP) is 4.86. The first kappa shape index (κ1) is 19.6. The third-order valence-electron chi connectivity index (χ3n) is 5.79. The van der Waals surface area contributed by atoms with Crippen molar-refractivity contribution in [2.45, 2.75) is 65.3 Å². The van der Waals surface area contributed by atoms with Crippen LogP contribution in [0.4, 0.5) is 5.82 Å². The Morgan fingerprint density at radius 2 is 2.03 bits per heavy atom. The van der Waals surface area contributed by atoms with E-state index in [1.807, 2.05) is 6.92 Å². The number of hydrogen-bond donors (Lipinski definition) is 0. The smallest absolute Gasteiger partial charge is 0.306 e. The number of hydrogen-bond acceptors (Lipinski definition) is 5. The van der Waals surface area contributed by atoms with E-state index in [2.05, 4.69) is 4.98 Å². The largest absolute Gasteiger partial charge is 0.425 e. The van der Waals surface area contributed by atoms with Gasteiger partial charge in [0.25, 0.3) is 5.56 Å². The summed E-state index contributed by atoms with van der Waals surface area (Å²) in [7, 11) is 0. The number of ether oxygens (including phenoxy) is 1. The molecule has 0 unspecified atom stereocenters. The standard InChI is InChI=1S/C23H27N3O3/c1-3-12-26-22(28)19-14-20(16-8-5-4-6-9-16)24-21(19)25-23(26)29-18-11-7-10-17(13-18)15(2)27/h7,10-11,13,16H,3-6,8-9,12,14H2,1-2H3. The Labute approximate surface area is 170 Å². The van der Waals surface area contributed by atoms with Crippen molar-refractivity contribution in [1.82, 2.24) is 9.55 Å². The number of Topliss-reactive ketones (excluding diaryl/α,β-unsaturated/α-hetero) is 1. The molecule has 2 aromatic rings. The molecule has 0 radical (unpaired) electrons. The fourth-order valence-electron chi connectivity index (χ4n) is 4.22. The van der Waals surface area contributed by atoms with E-state index in [9.17, 15) is 9.59 Å². The molecule has 1 fully saturated rings. The zero-order valence-corrected chi connectivity index (χ0v) is 17.1. The van der Waals surface area contributed by atoms with E-state index >= 15 is 0 Å². The van der Waals surface area contributed by atoms with Crippen molar-refractivity contribution < 1.29 is 9.53 Å². The predicted molar refractivity (Wildman–Crippen MR) is 113 cm³/mol. The number of rotatable bonds is 6. The van der Waals surface area contributed by atoms with Gasteiger partial charge in [-0.05, 0) is 44.2 Å². The van der Waals surface area contributed by atoms with Gasteiger partial charge in [-0.25, -0.2) is 4.99 Å². The molecule has 6 nitrogen and oxygen atoms in total. The third-order valence-corrected chi connectivity index (χ3v) is 5.79. The molecule has 0 amide bonds. The Kier molecular flexibility index (Phi) is 5.60. The topological polar surface area (TPSA) is 73.6 Å². The fraction of sp³-hybridized carbons (Fsp3) is 0.478. The van der Waals surface area contributed by atoms with E-state index in [1.165, 1.54) is 26.2 Å². The zero-order valence-electron chi connectivity index (χ0n) is 17.1. The molecule has 29 heavy (non-hydrogen) atoms. The Hall–Kier alpha value is -2.76. The summed E-state index contributed by atoms with van der Waals surface area (Å²) in [4.78, 5) is 34.2. The molecular formula is C23H27N3O3. The average Bonchev–Trinajstić information content (AvgIpc) is 3.16. The van der Waals surface area contributed by atoms with E-state index < -0.39 is 0 Å². The molecule has 0 N–H and O–H groups in total. The maximum Gasteiger partial charge on any atom is 0.306 e.